The maximum Gasteiger partial charge on any atom is 0.0168 e. The van der Waals surface area contributed by atoms with Gasteiger partial charge in [-0.25, -0.2) is 0 Å². The predicted molar refractivity (Wildman–Crippen MR) is 79.1 cm³/mol. The zero-order valence-corrected chi connectivity index (χ0v) is 12.0. The fraction of sp³-hybridized carbons (Fsp3) is 0.667. The highest BCUT2D eigenvalue weighted by Crippen LogP contribution is 2.61. The van der Waals surface area contributed by atoms with Crippen molar-refractivity contribution in [1.29, 1.82) is 0 Å². The number of benzene rings is 1. The van der Waals surface area contributed by atoms with Crippen LogP contribution in [0, 0.1) is 11.8 Å². The number of nitrogens with two attached hydrogens (primary N) is 1. The molecule has 1 aromatic rings. The third-order valence-corrected chi connectivity index (χ3v) is 6.08. The summed E-state index contributed by atoms with van der Waals surface area (Å²) in [4.78, 5) is 0. The zero-order chi connectivity index (χ0) is 13.1. The van der Waals surface area contributed by atoms with Crippen molar-refractivity contribution in [3.8, 4) is 0 Å². The van der Waals surface area contributed by atoms with Crippen LogP contribution in [0.5, 0.6) is 0 Å². The Bertz CT molecular complexity index is 473. The van der Waals surface area contributed by atoms with Crippen LogP contribution in [0.15, 0.2) is 24.3 Å². The summed E-state index contributed by atoms with van der Waals surface area (Å²) in [5.74, 6) is 1.80. The van der Waals surface area contributed by atoms with E-state index in [9.17, 15) is 0 Å². The molecule has 1 heteroatoms. The van der Waals surface area contributed by atoms with E-state index < -0.39 is 0 Å². The summed E-state index contributed by atoms with van der Waals surface area (Å²) in [7, 11) is 0. The topological polar surface area (TPSA) is 26.0 Å². The molecule has 4 fully saturated rings. The van der Waals surface area contributed by atoms with E-state index in [1.807, 2.05) is 0 Å². The molecule has 5 rings (SSSR count). The second kappa shape index (κ2) is 3.85. The normalized spacial score (nSPS) is 43.7. The summed E-state index contributed by atoms with van der Waals surface area (Å²) < 4.78 is 0. The zero-order valence-electron chi connectivity index (χ0n) is 12.0. The van der Waals surface area contributed by atoms with Gasteiger partial charge in [-0.2, -0.15) is 0 Å². The molecular formula is C18H25N. The Morgan fingerprint density at radius 2 is 1.68 bits per heavy atom. The van der Waals surface area contributed by atoms with Crippen molar-refractivity contribution in [2.45, 2.75) is 62.8 Å². The van der Waals surface area contributed by atoms with Gasteiger partial charge in [0.05, 0.1) is 0 Å². The van der Waals surface area contributed by atoms with Crippen LogP contribution >= 0.6 is 0 Å². The van der Waals surface area contributed by atoms with E-state index in [1.165, 1.54) is 44.1 Å². The second-order valence-corrected chi connectivity index (χ2v) is 7.65. The molecule has 19 heavy (non-hydrogen) atoms. The van der Waals surface area contributed by atoms with Gasteiger partial charge in [0.2, 0.25) is 0 Å². The van der Waals surface area contributed by atoms with Crippen LogP contribution in [0.4, 0.5) is 0 Å². The molecule has 102 valence electrons. The molecule has 4 aliphatic carbocycles. The molecule has 0 amide bonds. The van der Waals surface area contributed by atoms with Gasteiger partial charge in [-0.05, 0) is 73.3 Å². The molecule has 0 spiro atoms. The summed E-state index contributed by atoms with van der Waals surface area (Å²) in [6, 6.07) is 9.46. The Morgan fingerprint density at radius 1 is 1.05 bits per heavy atom. The molecule has 2 atom stereocenters. The molecule has 0 aliphatic heterocycles. The first-order valence-electron chi connectivity index (χ1n) is 7.99. The average molecular weight is 255 g/mol. The smallest absolute Gasteiger partial charge is 0.0168 e. The summed E-state index contributed by atoms with van der Waals surface area (Å²) in [6.45, 7) is 2.23. The molecule has 2 unspecified atom stereocenters. The lowest BCUT2D eigenvalue weighted by Crippen LogP contribution is -2.61. The Kier molecular flexibility index (Phi) is 2.42. The lowest BCUT2D eigenvalue weighted by Gasteiger charge is -2.61. The van der Waals surface area contributed by atoms with Gasteiger partial charge < -0.3 is 5.73 Å². The van der Waals surface area contributed by atoms with Crippen molar-refractivity contribution in [3.05, 3.63) is 35.4 Å². The van der Waals surface area contributed by atoms with E-state index in [2.05, 4.69) is 31.2 Å². The summed E-state index contributed by atoms with van der Waals surface area (Å²) >= 11 is 0. The van der Waals surface area contributed by atoms with E-state index in [-0.39, 0.29) is 5.54 Å². The van der Waals surface area contributed by atoms with Gasteiger partial charge in [0.25, 0.3) is 0 Å². The SMILES string of the molecule is CCc1ccc(C23CC4CC(CC(N)(C4)C2)C3)cc1. The molecule has 4 aliphatic rings. The van der Waals surface area contributed by atoms with Gasteiger partial charge >= 0.3 is 0 Å². The van der Waals surface area contributed by atoms with E-state index in [0.29, 0.717) is 5.41 Å². The van der Waals surface area contributed by atoms with Crippen LogP contribution in [0.1, 0.15) is 56.6 Å². The number of rotatable bonds is 2. The van der Waals surface area contributed by atoms with Crippen LogP contribution in [-0.2, 0) is 11.8 Å². The summed E-state index contributed by atoms with van der Waals surface area (Å²) in [6.07, 6.45) is 9.20. The molecule has 4 saturated carbocycles. The lowest BCUT2D eigenvalue weighted by molar-refractivity contribution is -0.0227. The van der Waals surface area contributed by atoms with Crippen molar-refractivity contribution < 1.29 is 0 Å². The van der Waals surface area contributed by atoms with Crippen LogP contribution in [0.25, 0.3) is 0 Å². The highest BCUT2D eigenvalue weighted by atomic mass is 14.8. The Morgan fingerprint density at radius 3 is 2.21 bits per heavy atom. The molecule has 0 saturated heterocycles. The number of aryl methyl sites for hydroxylation is 1. The molecule has 0 aromatic heterocycles. The van der Waals surface area contributed by atoms with E-state index in [0.717, 1.165) is 18.3 Å². The first-order valence-corrected chi connectivity index (χ1v) is 7.99. The third kappa shape index (κ3) is 1.78. The second-order valence-electron chi connectivity index (χ2n) is 7.65. The minimum Gasteiger partial charge on any atom is -0.325 e. The predicted octanol–water partition coefficient (Wildman–Crippen LogP) is 3.80. The van der Waals surface area contributed by atoms with Crippen molar-refractivity contribution in [2.24, 2.45) is 17.6 Å². The molecule has 1 aromatic carbocycles. The molecular weight excluding hydrogens is 230 g/mol. The largest absolute Gasteiger partial charge is 0.325 e. The van der Waals surface area contributed by atoms with Gasteiger partial charge in [0.15, 0.2) is 0 Å². The van der Waals surface area contributed by atoms with E-state index in [1.54, 1.807) is 5.56 Å². The lowest BCUT2D eigenvalue weighted by atomic mass is 9.45. The Labute approximate surface area is 116 Å². The van der Waals surface area contributed by atoms with Crippen molar-refractivity contribution in [3.63, 3.8) is 0 Å². The third-order valence-electron chi connectivity index (χ3n) is 6.08. The first-order chi connectivity index (χ1) is 9.11. The average Bonchev–Trinajstić information content (AvgIpc) is 2.36. The van der Waals surface area contributed by atoms with Gasteiger partial charge in [0.1, 0.15) is 0 Å². The number of hydrogen-bond donors (Lipinski definition) is 1. The minimum atomic E-state index is 0.160. The van der Waals surface area contributed by atoms with Crippen LogP contribution in [0.3, 0.4) is 0 Å². The monoisotopic (exact) mass is 255 g/mol. The van der Waals surface area contributed by atoms with Gasteiger partial charge in [-0.15, -0.1) is 0 Å². The molecule has 1 nitrogen and oxygen atoms in total. The fourth-order valence-corrected chi connectivity index (χ4v) is 5.77. The maximum absolute atomic E-state index is 6.70. The highest BCUT2D eigenvalue weighted by molar-refractivity contribution is 5.33. The van der Waals surface area contributed by atoms with Crippen LogP contribution in [-0.4, -0.2) is 5.54 Å². The van der Waals surface area contributed by atoms with Gasteiger partial charge in [-0.3, -0.25) is 0 Å². The molecule has 0 heterocycles. The number of hydrogen-bond acceptors (Lipinski definition) is 1. The Balaban J connectivity index is 1.72. The van der Waals surface area contributed by atoms with Crippen LogP contribution < -0.4 is 5.73 Å². The van der Waals surface area contributed by atoms with Crippen molar-refractivity contribution in [2.75, 3.05) is 0 Å². The Hall–Kier alpha value is -0.820. The van der Waals surface area contributed by atoms with Gasteiger partial charge in [-0.1, -0.05) is 31.2 Å². The quantitative estimate of drug-likeness (QED) is 0.854. The molecule has 4 bridgehead atoms. The summed E-state index contributed by atoms with van der Waals surface area (Å²) in [5.41, 5.74) is 10.3. The maximum atomic E-state index is 6.70. The first kappa shape index (κ1) is 12.0. The highest BCUT2D eigenvalue weighted by Gasteiger charge is 2.56. The van der Waals surface area contributed by atoms with Gasteiger partial charge in [0, 0.05) is 5.54 Å². The van der Waals surface area contributed by atoms with Crippen LogP contribution in [0.2, 0.25) is 0 Å². The standard InChI is InChI=1S/C18H25N/c1-2-13-3-5-16(6-4-13)17-8-14-7-15(9-17)11-18(19,10-14)12-17/h3-6,14-15H,2,7-12,19H2,1H3. The minimum absolute atomic E-state index is 0.160. The fourth-order valence-electron chi connectivity index (χ4n) is 5.77. The van der Waals surface area contributed by atoms with E-state index in [4.69, 9.17) is 5.73 Å². The van der Waals surface area contributed by atoms with E-state index >= 15 is 0 Å². The molecule has 2 N–H and O–H groups in total. The van der Waals surface area contributed by atoms with Crippen molar-refractivity contribution >= 4 is 0 Å². The molecule has 0 radical (unpaired) electrons. The summed E-state index contributed by atoms with van der Waals surface area (Å²) in [5, 5.41) is 0. The van der Waals surface area contributed by atoms with Crippen molar-refractivity contribution in [1.82, 2.24) is 0 Å².